The molecule has 0 saturated carbocycles. The second kappa shape index (κ2) is 9.84. The lowest BCUT2D eigenvalue weighted by Gasteiger charge is -2.34. The van der Waals surface area contributed by atoms with Crippen LogP contribution in [0.3, 0.4) is 0 Å². The second-order valence-electron chi connectivity index (χ2n) is 6.81. The minimum absolute atomic E-state index is 0.0546. The van der Waals surface area contributed by atoms with Gasteiger partial charge in [-0.15, -0.1) is 0 Å². The van der Waals surface area contributed by atoms with E-state index in [1.54, 1.807) is 20.4 Å². The molecule has 2 heterocycles. The number of hydrogen-bond acceptors (Lipinski definition) is 4. The standard InChI is InChI=1S/C18H29N5O3/c1-22(2)17(25)12-21-18(20-8-7-15-6-4-10-26-15)23-9-3-5-14(13-23)11-16(19)24/h4,6,10,14H,3,5,7-9,11-13H2,1-2H3,(H2,19,24)(H,20,21). The number of nitrogens with two attached hydrogens (primary N) is 1. The highest BCUT2D eigenvalue weighted by Gasteiger charge is 2.24. The van der Waals surface area contributed by atoms with Gasteiger partial charge in [0.05, 0.1) is 6.26 Å². The number of primary amides is 1. The van der Waals surface area contributed by atoms with E-state index >= 15 is 0 Å². The second-order valence-corrected chi connectivity index (χ2v) is 6.81. The van der Waals surface area contributed by atoms with Crippen molar-refractivity contribution in [3.63, 3.8) is 0 Å². The van der Waals surface area contributed by atoms with Gasteiger partial charge in [-0.2, -0.15) is 0 Å². The fraction of sp³-hybridized carbons (Fsp3) is 0.611. The molecular weight excluding hydrogens is 334 g/mol. The number of piperidine rings is 1. The molecule has 8 heteroatoms. The Labute approximate surface area is 154 Å². The Hall–Kier alpha value is -2.51. The van der Waals surface area contributed by atoms with Crippen LogP contribution in [-0.4, -0.2) is 67.8 Å². The van der Waals surface area contributed by atoms with Gasteiger partial charge < -0.3 is 25.3 Å². The van der Waals surface area contributed by atoms with Crippen molar-refractivity contribution in [3.8, 4) is 0 Å². The summed E-state index contributed by atoms with van der Waals surface area (Å²) in [7, 11) is 3.43. The number of likely N-dealkylation sites (N-methyl/N-ethyl adjacent to an activating group) is 1. The van der Waals surface area contributed by atoms with Crippen LogP contribution in [0.5, 0.6) is 0 Å². The third-order valence-corrected chi connectivity index (χ3v) is 4.41. The van der Waals surface area contributed by atoms with E-state index in [1.165, 1.54) is 4.90 Å². The summed E-state index contributed by atoms with van der Waals surface area (Å²) in [5.41, 5.74) is 5.35. The molecule has 1 saturated heterocycles. The first kappa shape index (κ1) is 19.8. The van der Waals surface area contributed by atoms with Crippen LogP contribution in [0.2, 0.25) is 0 Å². The first-order valence-electron chi connectivity index (χ1n) is 8.99. The molecule has 1 aliphatic heterocycles. The van der Waals surface area contributed by atoms with Crippen molar-refractivity contribution < 1.29 is 14.0 Å². The van der Waals surface area contributed by atoms with Gasteiger partial charge in [0.1, 0.15) is 12.3 Å². The Morgan fingerprint density at radius 3 is 2.92 bits per heavy atom. The van der Waals surface area contributed by atoms with Gasteiger partial charge in [0.15, 0.2) is 5.96 Å². The number of furan rings is 1. The number of hydrogen-bond donors (Lipinski definition) is 2. The lowest BCUT2D eigenvalue weighted by molar-refractivity contribution is -0.127. The monoisotopic (exact) mass is 363 g/mol. The SMILES string of the molecule is CN(C)C(=O)CN=C(NCCc1ccco1)N1CCCC(CC(N)=O)C1. The molecule has 1 atom stereocenters. The average Bonchev–Trinajstić information content (AvgIpc) is 3.10. The van der Waals surface area contributed by atoms with E-state index in [4.69, 9.17) is 10.2 Å². The van der Waals surface area contributed by atoms with E-state index in [-0.39, 0.29) is 24.3 Å². The summed E-state index contributed by atoms with van der Waals surface area (Å²) >= 11 is 0. The van der Waals surface area contributed by atoms with Gasteiger partial charge in [-0.25, -0.2) is 4.99 Å². The van der Waals surface area contributed by atoms with Gasteiger partial charge in [-0.1, -0.05) is 0 Å². The molecule has 0 spiro atoms. The smallest absolute Gasteiger partial charge is 0.243 e. The van der Waals surface area contributed by atoms with E-state index in [0.29, 0.717) is 25.5 Å². The fourth-order valence-corrected chi connectivity index (χ4v) is 3.01. The van der Waals surface area contributed by atoms with E-state index in [1.807, 2.05) is 12.1 Å². The number of aliphatic imine (C=N–C) groups is 1. The van der Waals surface area contributed by atoms with Gasteiger partial charge in [0.2, 0.25) is 11.8 Å². The molecule has 1 aromatic heterocycles. The average molecular weight is 363 g/mol. The molecule has 1 aromatic rings. The zero-order valence-corrected chi connectivity index (χ0v) is 15.6. The summed E-state index contributed by atoms with van der Waals surface area (Å²) in [5.74, 6) is 1.49. The molecule has 144 valence electrons. The van der Waals surface area contributed by atoms with Gasteiger partial charge in [0, 0.05) is 46.6 Å². The molecule has 1 aliphatic rings. The minimum atomic E-state index is -0.274. The zero-order chi connectivity index (χ0) is 18.9. The van der Waals surface area contributed by atoms with Crippen LogP contribution in [0.4, 0.5) is 0 Å². The Bertz CT molecular complexity index is 612. The van der Waals surface area contributed by atoms with Crippen LogP contribution in [0.15, 0.2) is 27.8 Å². The molecule has 2 amide bonds. The van der Waals surface area contributed by atoms with Crippen LogP contribution in [0.25, 0.3) is 0 Å². The molecule has 0 aromatic carbocycles. The highest BCUT2D eigenvalue weighted by molar-refractivity contribution is 5.85. The molecule has 2 rings (SSSR count). The molecule has 26 heavy (non-hydrogen) atoms. The van der Waals surface area contributed by atoms with E-state index in [9.17, 15) is 9.59 Å². The number of nitrogens with one attached hydrogen (secondary N) is 1. The van der Waals surface area contributed by atoms with E-state index in [0.717, 1.165) is 31.6 Å². The number of nitrogens with zero attached hydrogens (tertiary/aromatic N) is 3. The number of amides is 2. The summed E-state index contributed by atoms with van der Waals surface area (Å²) in [6.07, 6.45) is 4.71. The first-order chi connectivity index (χ1) is 12.5. The topological polar surface area (TPSA) is 104 Å². The largest absolute Gasteiger partial charge is 0.469 e. The Morgan fingerprint density at radius 2 is 2.27 bits per heavy atom. The summed E-state index contributed by atoms with van der Waals surface area (Å²) < 4.78 is 5.35. The quantitative estimate of drug-likeness (QED) is 0.540. The van der Waals surface area contributed by atoms with Crippen molar-refractivity contribution in [1.82, 2.24) is 15.1 Å². The third-order valence-electron chi connectivity index (χ3n) is 4.41. The maximum atomic E-state index is 11.9. The first-order valence-corrected chi connectivity index (χ1v) is 8.99. The van der Waals surface area contributed by atoms with Crippen molar-refractivity contribution in [3.05, 3.63) is 24.2 Å². The molecule has 1 unspecified atom stereocenters. The fourth-order valence-electron chi connectivity index (χ4n) is 3.01. The highest BCUT2D eigenvalue weighted by atomic mass is 16.3. The number of carbonyl (C=O) groups is 2. The Kier molecular flexibility index (Phi) is 7.50. The summed E-state index contributed by atoms with van der Waals surface area (Å²) in [6.45, 7) is 2.30. The molecular formula is C18H29N5O3. The maximum absolute atomic E-state index is 11.9. The lowest BCUT2D eigenvalue weighted by atomic mass is 9.95. The molecule has 1 fully saturated rings. The molecule has 0 radical (unpaired) electrons. The Balaban J connectivity index is 1.99. The summed E-state index contributed by atoms with van der Waals surface area (Å²) in [6, 6.07) is 3.79. The maximum Gasteiger partial charge on any atom is 0.243 e. The molecule has 0 bridgehead atoms. The number of guanidine groups is 1. The van der Waals surface area contributed by atoms with Crippen molar-refractivity contribution in [2.24, 2.45) is 16.6 Å². The van der Waals surface area contributed by atoms with Gasteiger partial charge >= 0.3 is 0 Å². The van der Waals surface area contributed by atoms with Crippen LogP contribution in [-0.2, 0) is 16.0 Å². The zero-order valence-electron chi connectivity index (χ0n) is 15.6. The molecule has 8 nitrogen and oxygen atoms in total. The minimum Gasteiger partial charge on any atom is -0.469 e. The van der Waals surface area contributed by atoms with E-state index in [2.05, 4.69) is 15.2 Å². The van der Waals surface area contributed by atoms with Crippen LogP contribution in [0.1, 0.15) is 25.0 Å². The van der Waals surface area contributed by atoms with Gasteiger partial charge in [0.25, 0.3) is 0 Å². The van der Waals surface area contributed by atoms with Gasteiger partial charge in [-0.05, 0) is 30.9 Å². The van der Waals surface area contributed by atoms with Crippen LogP contribution in [0, 0.1) is 5.92 Å². The lowest BCUT2D eigenvalue weighted by Crippen LogP contribution is -2.48. The van der Waals surface area contributed by atoms with Crippen molar-refractivity contribution in [2.75, 3.05) is 40.3 Å². The van der Waals surface area contributed by atoms with Crippen molar-refractivity contribution in [1.29, 1.82) is 0 Å². The normalized spacial score (nSPS) is 17.8. The Morgan fingerprint density at radius 1 is 1.46 bits per heavy atom. The summed E-state index contributed by atoms with van der Waals surface area (Å²) in [4.78, 5) is 31.3. The van der Waals surface area contributed by atoms with Crippen LogP contribution >= 0.6 is 0 Å². The number of carbonyl (C=O) groups excluding carboxylic acids is 2. The van der Waals surface area contributed by atoms with E-state index < -0.39 is 0 Å². The number of likely N-dealkylation sites (tertiary alicyclic amines) is 1. The predicted molar refractivity (Wildman–Crippen MR) is 99.5 cm³/mol. The highest BCUT2D eigenvalue weighted by Crippen LogP contribution is 2.19. The molecule has 0 aliphatic carbocycles. The third kappa shape index (κ3) is 6.42. The predicted octanol–water partition coefficient (Wildman–Crippen LogP) is 0.443. The van der Waals surface area contributed by atoms with Crippen LogP contribution < -0.4 is 11.1 Å². The number of rotatable bonds is 7. The molecule has 3 N–H and O–H groups in total. The van der Waals surface area contributed by atoms with Gasteiger partial charge in [-0.3, -0.25) is 9.59 Å². The van der Waals surface area contributed by atoms with Crippen molar-refractivity contribution in [2.45, 2.75) is 25.7 Å². The summed E-state index contributed by atoms with van der Waals surface area (Å²) in [5, 5.41) is 3.32. The van der Waals surface area contributed by atoms with Crippen molar-refractivity contribution >= 4 is 17.8 Å².